The summed E-state index contributed by atoms with van der Waals surface area (Å²) < 4.78 is 0. The van der Waals surface area contributed by atoms with Crippen LogP contribution < -0.4 is 5.43 Å². The molecular formula is C17H17N3O3S. The Morgan fingerprint density at radius 1 is 1.25 bits per heavy atom. The van der Waals surface area contributed by atoms with Crippen molar-refractivity contribution < 1.29 is 9.72 Å². The number of nitro groups is 1. The third-order valence-electron chi connectivity index (χ3n) is 3.26. The predicted molar refractivity (Wildman–Crippen MR) is 96.2 cm³/mol. The number of non-ortho nitro benzene ring substituents is 1. The highest BCUT2D eigenvalue weighted by atomic mass is 32.2. The summed E-state index contributed by atoms with van der Waals surface area (Å²) in [7, 11) is 0. The van der Waals surface area contributed by atoms with Crippen LogP contribution in [0.4, 0.5) is 5.69 Å². The minimum atomic E-state index is -0.464. The summed E-state index contributed by atoms with van der Waals surface area (Å²) in [6, 6.07) is 14.0. The number of benzene rings is 2. The zero-order chi connectivity index (χ0) is 17.4. The number of carbonyl (C=O) groups excluding carboxylic acids is 1. The zero-order valence-corrected chi connectivity index (χ0v) is 14.0. The van der Waals surface area contributed by atoms with Gasteiger partial charge in [-0.1, -0.05) is 24.3 Å². The van der Waals surface area contributed by atoms with Gasteiger partial charge >= 0.3 is 0 Å². The molecule has 1 N–H and O–H groups in total. The second-order valence-electron chi connectivity index (χ2n) is 5.06. The Morgan fingerprint density at radius 3 is 2.62 bits per heavy atom. The van der Waals surface area contributed by atoms with Crippen molar-refractivity contribution in [2.24, 2.45) is 5.10 Å². The molecular weight excluding hydrogens is 326 g/mol. The highest BCUT2D eigenvalue weighted by Gasteiger charge is 2.04. The Bertz CT molecular complexity index is 745. The molecule has 0 spiro atoms. The molecule has 0 bridgehead atoms. The minimum Gasteiger partial charge on any atom is -0.272 e. The van der Waals surface area contributed by atoms with Crippen LogP contribution in [0.15, 0.2) is 53.6 Å². The van der Waals surface area contributed by atoms with Crippen molar-refractivity contribution in [2.45, 2.75) is 12.7 Å². The molecule has 0 aliphatic rings. The van der Waals surface area contributed by atoms with E-state index >= 15 is 0 Å². The number of hydrogen-bond acceptors (Lipinski definition) is 5. The number of nitrogens with one attached hydrogen (secondary N) is 1. The molecule has 0 aliphatic carbocycles. The number of hydrogen-bond donors (Lipinski definition) is 1. The highest BCUT2D eigenvalue weighted by Crippen LogP contribution is 2.15. The van der Waals surface area contributed by atoms with Crippen LogP contribution in [0, 0.1) is 17.0 Å². The van der Waals surface area contributed by atoms with Gasteiger partial charge in [-0.3, -0.25) is 14.9 Å². The van der Waals surface area contributed by atoms with Gasteiger partial charge in [0, 0.05) is 17.9 Å². The summed E-state index contributed by atoms with van der Waals surface area (Å²) in [4.78, 5) is 21.8. The summed E-state index contributed by atoms with van der Waals surface area (Å²) in [6.07, 6.45) is 1.45. The normalized spacial score (nSPS) is 10.7. The van der Waals surface area contributed by atoms with Crippen LogP contribution in [0.5, 0.6) is 0 Å². The number of nitro benzene ring substituents is 1. The van der Waals surface area contributed by atoms with Crippen molar-refractivity contribution in [3.05, 3.63) is 75.3 Å². The lowest BCUT2D eigenvalue weighted by Crippen LogP contribution is -2.19. The van der Waals surface area contributed by atoms with Crippen molar-refractivity contribution in [3.8, 4) is 0 Å². The van der Waals surface area contributed by atoms with Crippen LogP contribution in [0.2, 0.25) is 0 Å². The highest BCUT2D eigenvalue weighted by molar-refractivity contribution is 7.99. The van der Waals surface area contributed by atoms with Gasteiger partial charge in [0.25, 0.3) is 5.69 Å². The van der Waals surface area contributed by atoms with E-state index in [2.05, 4.69) is 10.5 Å². The average Bonchev–Trinajstić information content (AvgIpc) is 2.57. The van der Waals surface area contributed by atoms with E-state index in [0.29, 0.717) is 11.3 Å². The van der Waals surface area contributed by atoms with Crippen LogP contribution in [0.3, 0.4) is 0 Å². The van der Waals surface area contributed by atoms with E-state index in [1.807, 2.05) is 31.2 Å². The molecule has 6 nitrogen and oxygen atoms in total. The molecule has 0 aliphatic heterocycles. The molecule has 0 heterocycles. The third-order valence-corrected chi connectivity index (χ3v) is 4.24. The maximum atomic E-state index is 11.7. The Hall–Kier alpha value is -2.67. The fourth-order valence-electron chi connectivity index (χ4n) is 1.92. The maximum Gasteiger partial charge on any atom is 0.269 e. The molecule has 0 saturated carbocycles. The smallest absolute Gasteiger partial charge is 0.269 e. The Kier molecular flexibility index (Phi) is 6.51. The lowest BCUT2D eigenvalue weighted by Gasteiger charge is -2.04. The number of thioether (sulfide) groups is 1. The largest absolute Gasteiger partial charge is 0.272 e. The second-order valence-corrected chi connectivity index (χ2v) is 6.05. The number of carbonyl (C=O) groups is 1. The molecule has 0 atom stereocenters. The van der Waals surface area contributed by atoms with E-state index in [-0.39, 0.29) is 11.6 Å². The Labute approximate surface area is 144 Å². The topological polar surface area (TPSA) is 84.6 Å². The molecule has 7 heteroatoms. The van der Waals surface area contributed by atoms with Gasteiger partial charge in [0.15, 0.2) is 0 Å². The van der Waals surface area contributed by atoms with Crippen molar-refractivity contribution in [2.75, 3.05) is 5.75 Å². The summed E-state index contributed by atoms with van der Waals surface area (Å²) in [5, 5.41) is 14.4. The molecule has 0 unspecified atom stereocenters. The van der Waals surface area contributed by atoms with Crippen molar-refractivity contribution in [3.63, 3.8) is 0 Å². The minimum absolute atomic E-state index is 0.0174. The van der Waals surface area contributed by atoms with Gasteiger partial charge in [0.05, 0.1) is 16.9 Å². The van der Waals surface area contributed by atoms with Crippen molar-refractivity contribution >= 4 is 29.6 Å². The monoisotopic (exact) mass is 343 g/mol. The molecule has 2 aromatic carbocycles. The lowest BCUT2D eigenvalue weighted by molar-refractivity contribution is -0.384. The standard InChI is InChI=1S/C17H17N3O3S/c1-13-4-2-3-5-15(13)11-24-12-17(21)19-18-10-14-6-8-16(9-7-14)20(22)23/h2-10H,11-12H2,1H3,(H,19,21). The van der Waals surface area contributed by atoms with E-state index in [9.17, 15) is 14.9 Å². The first-order valence-corrected chi connectivity index (χ1v) is 8.40. The Balaban J connectivity index is 1.74. The predicted octanol–water partition coefficient (Wildman–Crippen LogP) is 3.29. The van der Waals surface area contributed by atoms with Gasteiger partial charge in [-0.05, 0) is 35.7 Å². The van der Waals surface area contributed by atoms with E-state index in [0.717, 1.165) is 5.75 Å². The first kappa shape index (κ1) is 17.7. The van der Waals surface area contributed by atoms with Crippen LogP contribution in [0.25, 0.3) is 0 Å². The number of amides is 1. The molecule has 0 aromatic heterocycles. The fraction of sp³-hybridized carbons (Fsp3) is 0.176. The van der Waals surface area contributed by atoms with Gasteiger partial charge in [-0.25, -0.2) is 5.43 Å². The van der Waals surface area contributed by atoms with E-state index in [4.69, 9.17) is 0 Å². The number of rotatable bonds is 7. The van der Waals surface area contributed by atoms with Gasteiger partial charge in [0.1, 0.15) is 0 Å². The summed E-state index contributed by atoms with van der Waals surface area (Å²) in [6.45, 7) is 2.05. The first-order valence-electron chi connectivity index (χ1n) is 7.25. The van der Waals surface area contributed by atoms with Gasteiger partial charge < -0.3 is 0 Å². The molecule has 0 saturated heterocycles. The van der Waals surface area contributed by atoms with Crippen LogP contribution in [-0.4, -0.2) is 22.8 Å². The number of aryl methyl sites for hydroxylation is 1. The Morgan fingerprint density at radius 2 is 1.96 bits per heavy atom. The molecule has 0 radical (unpaired) electrons. The number of hydrazone groups is 1. The molecule has 1 amide bonds. The second kappa shape index (κ2) is 8.83. The van der Waals surface area contributed by atoms with Crippen LogP contribution in [0.1, 0.15) is 16.7 Å². The van der Waals surface area contributed by atoms with E-state index in [1.165, 1.54) is 41.2 Å². The van der Waals surface area contributed by atoms with E-state index in [1.54, 1.807) is 12.1 Å². The quantitative estimate of drug-likeness (QED) is 0.475. The summed E-state index contributed by atoms with van der Waals surface area (Å²) >= 11 is 1.52. The molecule has 124 valence electrons. The van der Waals surface area contributed by atoms with Gasteiger partial charge in [-0.15, -0.1) is 11.8 Å². The number of nitrogens with zero attached hydrogens (tertiary/aromatic N) is 2. The first-order chi connectivity index (χ1) is 11.6. The molecule has 2 aromatic rings. The summed E-state index contributed by atoms with van der Waals surface area (Å²) in [5.41, 5.74) is 5.56. The zero-order valence-electron chi connectivity index (χ0n) is 13.1. The average molecular weight is 343 g/mol. The summed E-state index contributed by atoms with van der Waals surface area (Å²) in [5.74, 6) is 0.893. The SMILES string of the molecule is Cc1ccccc1CSCC(=O)NN=Cc1ccc([N+](=O)[O-])cc1. The van der Waals surface area contributed by atoms with Crippen LogP contribution in [-0.2, 0) is 10.5 Å². The lowest BCUT2D eigenvalue weighted by atomic mass is 10.1. The maximum absolute atomic E-state index is 11.7. The van der Waals surface area contributed by atoms with Crippen LogP contribution >= 0.6 is 11.8 Å². The van der Waals surface area contributed by atoms with E-state index < -0.39 is 4.92 Å². The van der Waals surface area contributed by atoms with Gasteiger partial charge in [-0.2, -0.15) is 5.10 Å². The fourth-order valence-corrected chi connectivity index (χ4v) is 2.81. The van der Waals surface area contributed by atoms with Crippen molar-refractivity contribution in [1.29, 1.82) is 0 Å². The molecule has 24 heavy (non-hydrogen) atoms. The third kappa shape index (κ3) is 5.51. The van der Waals surface area contributed by atoms with Crippen molar-refractivity contribution in [1.82, 2.24) is 5.43 Å². The molecule has 0 fully saturated rings. The van der Waals surface area contributed by atoms with Gasteiger partial charge in [0.2, 0.25) is 5.91 Å². The molecule has 2 rings (SSSR count).